The average Bonchev–Trinajstić information content (AvgIpc) is 2.88. The Morgan fingerprint density at radius 1 is 0.818 bits per heavy atom. The quantitative estimate of drug-likeness (QED) is 0.458. The van der Waals surface area contributed by atoms with E-state index < -0.39 is 0 Å². The Labute approximate surface area is 131 Å². The summed E-state index contributed by atoms with van der Waals surface area (Å²) in [6, 6.07) is 17.8. The van der Waals surface area contributed by atoms with E-state index in [4.69, 9.17) is 0 Å². The second kappa shape index (κ2) is 4.81. The first-order valence-electron chi connectivity index (χ1n) is 7.82. The molecule has 3 aromatic rings. The highest BCUT2D eigenvalue weighted by atomic mass is 14.9. The lowest BCUT2D eigenvalue weighted by atomic mass is 9.95. The van der Waals surface area contributed by atoms with Crippen LogP contribution in [0, 0.1) is 13.8 Å². The number of benzene rings is 2. The Bertz CT molecular complexity index is 890. The maximum absolute atomic E-state index is 2.29. The lowest BCUT2D eigenvalue weighted by molar-refractivity contribution is -0.660. The molecule has 1 heteroatoms. The number of nitrogens with zero attached hydrogens (tertiary/aromatic N) is 1. The molecule has 22 heavy (non-hydrogen) atoms. The summed E-state index contributed by atoms with van der Waals surface area (Å²) in [6.07, 6.45) is 3.25. The van der Waals surface area contributed by atoms with E-state index >= 15 is 0 Å². The van der Waals surface area contributed by atoms with Crippen molar-refractivity contribution in [2.75, 3.05) is 0 Å². The van der Waals surface area contributed by atoms with Crippen LogP contribution in [0.3, 0.4) is 0 Å². The van der Waals surface area contributed by atoms with Crippen LogP contribution in [0.5, 0.6) is 0 Å². The van der Waals surface area contributed by atoms with Crippen LogP contribution < -0.4 is 4.57 Å². The standard InChI is InChI=1S/C21H20N/c1-14-8-11-21(22(3)13-14)17-9-10-19-18-7-5-4-6-16(18)12-20(19)15(17)2/h4-11,13H,12H2,1-3H3/q+1. The number of fused-ring (bicyclic) bond motifs is 3. The molecule has 0 amide bonds. The van der Waals surface area contributed by atoms with E-state index in [-0.39, 0.29) is 0 Å². The summed E-state index contributed by atoms with van der Waals surface area (Å²) in [7, 11) is 2.13. The van der Waals surface area contributed by atoms with Gasteiger partial charge >= 0.3 is 0 Å². The fourth-order valence-electron chi connectivity index (χ4n) is 3.67. The number of aromatic nitrogens is 1. The maximum atomic E-state index is 2.29. The molecule has 108 valence electrons. The summed E-state index contributed by atoms with van der Waals surface area (Å²) in [5, 5.41) is 0. The molecule has 4 rings (SSSR count). The van der Waals surface area contributed by atoms with Crippen molar-refractivity contribution in [1.82, 2.24) is 0 Å². The number of hydrogen-bond donors (Lipinski definition) is 0. The van der Waals surface area contributed by atoms with Gasteiger partial charge in [-0.25, -0.2) is 4.57 Å². The minimum absolute atomic E-state index is 1.06. The monoisotopic (exact) mass is 286 g/mol. The first kappa shape index (κ1) is 13.3. The molecule has 0 radical (unpaired) electrons. The zero-order chi connectivity index (χ0) is 15.3. The van der Waals surface area contributed by atoms with E-state index in [1.54, 1.807) is 0 Å². The van der Waals surface area contributed by atoms with E-state index in [0.717, 1.165) is 6.42 Å². The van der Waals surface area contributed by atoms with E-state index in [9.17, 15) is 0 Å². The summed E-state index contributed by atoms with van der Waals surface area (Å²) in [6.45, 7) is 4.40. The van der Waals surface area contributed by atoms with E-state index in [1.165, 1.54) is 44.6 Å². The molecule has 1 aliphatic carbocycles. The molecule has 0 N–H and O–H groups in total. The van der Waals surface area contributed by atoms with Crippen LogP contribution in [-0.2, 0) is 13.5 Å². The van der Waals surface area contributed by atoms with Crippen molar-refractivity contribution in [2.45, 2.75) is 20.3 Å². The minimum Gasteiger partial charge on any atom is -0.201 e. The molecule has 0 atom stereocenters. The molecule has 0 spiro atoms. The fraction of sp³-hybridized carbons (Fsp3) is 0.190. The highest BCUT2D eigenvalue weighted by Crippen LogP contribution is 2.40. The number of hydrogen-bond acceptors (Lipinski definition) is 0. The van der Waals surface area contributed by atoms with Gasteiger partial charge in [0.25, 0.3) is 0 Å². The van der Waals surface area contributed by atoms with Crippen LogP contribution in [0.1, 0.15) is 22.3 Å². The van der Waals surface area contributed by atoms with Crippen LogP contribution >= 0.6 is 0 Å². The SMILES string of the molecule is Cc1ccc(-c2ccc3c(c2C)Cc2ccccc2-3)[n+](C)c1. The van der Waals surface area contributed by atoms with Crippen LogP contribution in [0.25, 0.3) is 22.4 Å². The van der Waals surface area contributed by atoms with Gasteiger partial charge in [-0.2, -0.15) is 0 Å². The smallest absolute Gasteiger partial charge is 0.201 e. The van der Waals surface area contributed by atoms with Crippen LogP contribution in [0.4, 0.5) is 0 Å². The van der Waals surface area contributed by atoms with Gasteiger partial charge in [-0.1, -0.05) is 30.3 Å². The van der Waals surface area contributed by atoms with Gasteiger partial charge in [0, 0.05) is 17.2 Å². The molecule has 0 unspecified atom stereocenters. The molecule has 1 nitrogen and oxygen atoms in total. The Hall–Kier alpha value is -2.41. The molecule has 0 saturated heterocycles. The Kier molecular flexibility index (Phi) is 2.90. The average molecular weight is 286 g/mol. The van der Waals surface area contributed by atoms with E-state index in [1.807, 2.05) is 0 Å². The molecule has 0 bridgehead atoms. The van der Waals surface area contributed by atoms with Gasteiger partial charge in [0.2, 0.25) is 5.69 Å². The van der Waals surface area contributed by atoms with E-state index in [0.29, 0.717) is 0 Å². The highest BCUT2D eigenvalue weighted by molar-refractivity contribution is 5.81. The first-order valence-corrected chi connectivity index (χ1v) is 7.82. The van der Waals surface area contributed by atoms with Crippen LogP contribution in [0.2, 0.25) is 0 Å². The Balaban J connectivity index is 1.90. The Morgan fingerprint density at radius 3 is 2.41 bits per heavy atom. The second-order valence-electron chi connectivity index (χ2n) is 6.30. The zero-order valence-corrected chi connectivity index (χ0v) is 13.4. The maximum Gasteiger partial charge on any atom is 0.212 e. The molecule has 0 fully saturated rings. The number of pyridine rings is 1. The van der Waals surface area contributed by atoms with Crippen molar-refractivity contribution in [2.24, 2.45) is 7.05 Å². The minimum atomic E-state index is 1.06. The third-order valence-electron chi connectivity index (χ3n) is 4.83. The second-order valence-corrected chi connectivity index (χ2v) is 6.30. The van der Waals surface area contributed by atoms with Crippen molar-refractivity contribution in [3.05, 3.63) is 77.0 Å². The van der Waals surface area contributed by atoms with Crippen molar-refractivity contribution >= 4 is 0 Å². The Morgan fingerprint density at radius 2 is 1.59 bits per heavy atom. The molecule has 0 aliphatic heterocycles. The highest BCUT2D eigenvalue weighted by Gasteiger charge is 2.23. The molecule has 1 aromatic heterocycles. The third-order valence-corrected chi connectivity index (χ3v) is 4.83. The lowest BCUT2D eigenvalue weighted by Gasteiger charge is -2.10. The van der Waals surface area contributed by atoms with Crippen molar-refractivity contribution in [3.63, 3.8) is 0 Å². The van der Waals surface area contributed by atoms with Gasteiger partial charge in [-0.3, -0.25) is 0 Å². The molecule has 0 saturated carbocycles. The van der Waals surface area contributed by atoms with Crippen molar-refractivity contribution in [1.29, 1.82) is 0 Å². The summed E-state index contributed by atoms with van der Waals surface area (Å²) >= 11 is 0. The van der Waals surface area contributed by atoms with Gasteiger partial charge < -0.3 is 0 Å². The summed E-state index contributed by atoms with van der Waals surface area (Å²) in [5.74, 6) is 0. The predicted octanol–water partition coefficient (Wildman–Crippen LogP) is 4.37. The first-order chi connectivity index (χ1) is 10.6. The van der Waals surface area contributed by atoms with Crippen molar-refractivity contribution < 1.29 is 4.57 Å². The van der Waals surface area contributed by atoms with Crippen LogP contribution in [0.15, 0.2) is 54.7 Å². The molecular weight excluding hydrogens is 266 g/mol. The number of rotatable bonds is 1. The van der Waals surface area contributed by atoms with E-state index in [2.05, 4.69) is 80.2 Å². The van der Waals surface area contributed by atoms with Gasteiger partial charge in [0.1, 0.15) is 7.05 Å². The van der Waals surface area contributed by atoms with Gasteiger partial charge in [-0.15, -0.1) is 0 Å². The van der Waals surface area contributed by atoms with Crippen LogP contribution in [-0.4, -0.2) is 0 Å². The molecule has 2 aromatic carbocycles. The summed E-state index contributed by atoms with van der Waals surface area (Å²) < 4.78 is 2.23. The molecule has 1 aliphatic rings. The zero-order valence-electron chi connectivity index (χ0n) is 13.4. The van der Waals surface area contributed by atoms with Gasteiger partial charge in [0.05, 0.1) is 0 Å². The topological polar surface area (TPSA) is 3.88 Å². The lowest BCUT2D eigenvalue weighted by Crippen LogP contribution is -2.31. The summed E-state index contributed by atoms with van der Waals surface area (Å²) in [4.78, 5) is 0. The van der Waals surface area contributed by atoms with Gasteiger partial charge in [0.15, 0.2) is 6.20 Å². The molecule has 1 heterocycles. The number of aryl methyl sites for hydroxylation is 2. The fourth-order valence-corrected chi connectivity index (χ4v) is 3.67. The summed E-state index contributed by atoms with van der Waals surface area (Å²) in [5.41, 5.74) is 11.1. The predicted molar refractivity (Wildman–Crippen MR) is 90.8 cm³/mol. The van der Waals surface area contributed by atoms with Crippen molar-refractivity contribution in [3.8, 4) is 22.4 Å². The largest absolute Gasteiger partial charge is 0.212 e. The molecular formula is C21H20N+. The van der Waals surface area contributed by atoms with Gasteiger partial charge in [-0.05, 0) is 60.2 Å². The third kappa shape index (κ3) is 1.89. The normalized spacial score (nSPS) is 12.1.